The molecule has 1 N–H and O–H groups in total. The van der Waals surface area contributed by atoms with E-state index in [1.54, 1.807) is 7.11 Å². The maximum atomic E-state index is 11.7. The van der Waals surface area contributed by atoms with Gasteiger partial charge in [0.1, 0.15) is 23.9 Å². The smallest absolute Gasteiger partial charge is 0.220 e. The summed E-state index contributed by atoms with van der Waals surface area (Å²) >= 11 is 0. The summed E-state index contributed by atoms with van der Waals surface area (Å²) < 4.78 is 16.2. The van der Waals surface area contributed by atoms with Crippen molar-refractivity contribution in [3.63, 3.8) is 0 Å². The van der Waals surface area contributed by atoms with Crippen molar-refractivity contribution >= 4 is 5.91 Å². The van der Waals surface area contributed by atoms with Crippen molar-refractivity contribution in [3.05, 3.63) is 54.6 Å². The van der Waals surface area contributed by atoms with Crippen molar-refractivity contribution in [2.75, 3.05) is 26.9 Å². The zero-order valence-electron chi connectivity index (χ0n) is 13.9. The molecular formula is C19H23NO4. The van der Waals surface area contributed by atoms with Crippen molar-refractivity contribution < 1.29 is 19.0 Å². The molecule has 1 amide bonds. The van der Waals surface area contributed by atoms with E-state index in [9.17, 15) is 4.79 Å². The third-order valence-corrected chi connectivity index (χ3v) is 3.31. The molecule has 0 spiro atoms. The number of methoxy groups -OCH3 is 1. The number of para-hydroxylation sites is 1. The van der Waals surface area contributed by atoms with Crippen LogP contribution < -0.4 is 19.5 Å². The van der Waals surface area contributed by atoms with E-state index in [0.717, 1.165) is 17.2 Å². The summed E-state index contributed by atoms with van der Waals surface area (Å²) in [6.45, 7) is 1.43. The number of carbonyl (C=O) groups excluding carboxylic acids is 1. The minimum atomic E-state index is 0.00462. The first-order valence-corrected chi connectivity index (χ1v) is 7.99. The molecule has 128 valence electrons. The van der Waals surface area contributed by atoms with Gasteiger partial charge in [-0.3, -0.25) is 4.79 Å². The Morgan fingerprint density at radius 2 is 1.50 bits per heavy atom. The predicted octanol–water partition coefficient (Wildman–Crippen LogP) is 3.05. The quantitative estimate of drug-likeness (QED) is 0.681. The van der Waals surface area contributed by atoms with Crippen LogP contribution in [-0.2, 0) is 4.79 Å². The van der Waals surface area contributed by atoms with Crippen molar-refractivity contribution in [2.45, 2.75) is 12.8 Å². The Morgan fingerprint density at radius 3 is 2.21 bits per heavy atom. The number of hydrogen-bond donors (Lipinski definition) is 1. The van der Waals surface area contributed by atoms with Gasteiger partial charge in [0.25, 0.3) is 0 Å². The maximum Gasteiger partial charge on any atom is 0.220 e. The van der Waals surface area contributed by atoms with Gasteiger partial charge in [0.15, 0.2) is 0 Å². The average molecular weight is 329 g/mol. The van der Waals surface area contributed by atoms with E-state index in [-0.39, 0.29) is 5.91 Å². The SMILES string of the molecule is COc1ccc(OCCNC(=O)CCCOc2ccccc2)cc1. The van der Waals surface area contributed by atoms with Gasteiger partial charge in [0.05, 0.1) is 20.3 Å². The molecule has 0 aliphatic rings. The van der Waals surface area contributed by atoms with Gasteiger partial charge in [-0.25, -0.2) is 0 Å². The van der Waals surface area contributed by atoms with Gasteiger partial charge in [0, 0.05) is 6.42 Å². The highest BCUT2D eigenvalue weighted by atomic mass is 16.5. The topological polar surface area (TPSA) is 56.8 Å². The lowest BCUT2D eigenvalue weighted by atomic mass is 10.3. The fourth-order valence-corrected chi connectivity index (χ4v) is 2.06. The van der Waals surface area contributed by atoms with Crippen LogP contribution >= 0.6 is 0 Å². The Bertz CT molecular complexity index is 599. The number of carbonyl (C=O) groups is 1. The average Bonchev–Trinajstić information content (AvgIpc) is 2.64. The number of hydrogen-bond acceptors (Lipinski definition) is 4. The Hall–Kier alpha value is -2.69. The molecule has 2 aromatic rings. The summed E-state index contributed by atoms with van der Waals surface area (Å²) in [5.41, 5.74) is 0. The normalized spacial score (nSPS) is 10.0. The van der Waals surface area contributed by atoms with E-state index in [1.807, 2.05) is 54.6 Å². The second-order valence-electron chi connectivity index (χ2n) is 5.14. The third kappa shape index (κ3) is 6.60. The Kier molecular flexibility index (Phi) is 7.47. The molecule has 0 atom stereocenters. The molecule has 0 aromatic heterocycles. The Labute approximate surface area is 142 Å². The number of amides is 1. The molecule has 24 heavy (non-hydrogen) atoms. The minimum Gasteiger partial charge on any atom is -0.497 e. The number of benzene rings is 2. The van der Waals surface area contributed by atoms with E-state index < -0.39 is 0 Å². The first-order chi connectivity index (χ1) is 11.8. The first kappa shape index (κ1) is 17.7. The van der Waals surface area contributed by atoms with Gasteiger partial charge in [-0.15, -0.1) is 0 Å². The van der Waals surface area contributed by atoms with Crippen LogP contribution in [0.1, 0.15) is 12.8 Å². The molecule has 0 fully saturated rings. The number of rotatable bonds is 10. The number of ether oxygens (including phenoxy) is 3. The lowest BCUT2D eigenvalue weighted by molar-refractivity contribution is -0.121. The van der Waals surface area contributed by atoms with Gasteiger partial charge < -0.3 is 19.5 Å². The molecule has 0 aliphatic heterocycles. The molecule has 0 saturated heterocycles. The second-order valence-corrected chi connectivity index (χ2v) is 5.14. The molecular weight excluding hydrogens is 306 g/mol. The van der Waals surface area contributed by atoms with Gasteiger partial charge in [-0.1, -0.05) is 18.2 Å². The van der Waals surface area contributed by atoms with Crippen molar-refractivity contribution in [3.8, 4) is 17.2 Å². The zero-order chi connectivity index (χ0) is 17.0. The van der Waals surface area contributed by atoms with Crippen molar-refractivity contribution in [2.24, 2.45) is 0 Å². The van der Waals surface area contributed by atoms with Gasteiger partial charge in [-0.05, 0) is 42.8 Å². The fraction of sp³-hybridized carbons (Fsp3) is 0.316. The van der Waals surface area contributed by atoms with E-state index in [1.165, 1.54) is 0 Å². The first-order valence-electron chi connectivity index (χ1n) is 7.99. The molecule has 2 aromatic carbocycles. The molecule has 5 nitrogen and oxygen atoms in total. The van der Waals surface area contributed by atoms with Crippen LogP contribution in [0.4, 0.5) is 0 Å². The van der Waals surface area contributed by atoms with Crippen LogP contribution in [0.3, 0.4) is 0 Å². The van der Waals surface area contributed by atoms with Crippen LogP contribution in [0.25, 0.3) is 0 Å². The zero-order valence-corrected chi connectivity index (χ0v) is 13.9. The highest BCUT2D eigenvalue weighted by Gasteiger charge is 2.01. The summed E-state index contributed by atoms with van der Waals surface area (Å²) in [6.07, 6.45) is 1.12. The largest absolute Gasteiger partial charge is 0.497 e. The molecule has 0 unspecified atom stereocenters. The lowest BCUT2D eigenvalue weighted by Gasteiger charge is -2.09. The van der Waals surface area contributed by atoms with E-state index in [0.29, 0.717) is 32.6 Å². The monoisotopic (exact) mass is 329 g/mol. The van der Waals surface area contributed by atoms with Crippen LogP contribution in [0.5, 0.6) is 17.2 Å². The maximum absolute atomic E-state index is 11.7. The minimum absolute atomic E-state index is 0.00462. The van der Waals surface area contributed by atoms with Crippen LogP contribution in [0, 0.1) is 0 Å². The molecule has 2 rings (SSSR count). The molecule has 0 saturated carbocycles. The fourth-order valence-electron chi connectivity index (χ4n) is 2.06. The van der Waals surface area contributed by atoms with Gasteiger partial charge in [-0.2, -0.15) is 0 Å². The summed E-state index contributed by atoms with van der Waals surface area (Å²) in [7, 11) is 1.62. The van der Waals surface area contributed by atoms with E-state index in [4.69, 9.17) is 14.2 Å². The summed E-state index contributed by atoms with van der Waals surface area (Å²) in [4.78, 5) is 11.7. The van der Waals surface area contributed by atoms with Crippen molar-refractivity contribution in [1.82, 2.24) is 5.32 Å². The van der Waals surface area contributed by atoms with Gasteiger partial charge >= 0.3 is 0 Å². The number of nitrogens with one attached hydrogen (secondary N) is 1. The molecule has 0 bridgehead atoms. The standard InChI is InChI=1S/C19H23NO4/c1-22-16-9-11-18(12-10-16)24-15-13-20-19(21)8-5-14-23-17-6-3-2-4-7-17/h2-4,6-7,9-12H,5,8,13-15H2,1H3,(H,20,21). The highest BCUT2D eigenvalue weighted by Crippen LogP contribution is 2.16. The van der Waals surface area contributed by atoms with E-state index in [2.05, 4.69) is 5.32 Å². The second kappa shape index (κ2) is 10.2. The van der Waals surface area contributed by atoms with Gasteiger partial charge in [0.2, 0.25) is 5.91 Å². The lowest BCUT2D eigenvalue weighted by Crippen LogP contribution is -2.28. The predicted molar refractivity (Wildman–Crippen MR) is 92.7 cm³/mol. The summed E-state index contributed by atoms with van der Waals surface area (Å²) in [6, 6.07) is 16.9. The Balaban J connectivity index is 1.51. The molecule has 0 heterocycles. The molecule has 0 aliphatic carbocycles. The van der Waals surface area contributed by atoms with E-state index >= 15 is 0 Å². The summed E-state index contributed by atoms with van der Waals surface area (Å²) in [5.74, 6) is 2.37. The third-order valence-electron chi connectivity index (χ3n) is 3.31. The van der Waals surface area contributed by atoms with Crippen molar-refractivity contribution in [1.29, 1.82) is 0 Å². The summed E-state index contributed by atoms with van der Waals surface area (Å²) in [5, 5.41) is 2.83. The molecule has 5 heteroatoms. The highest BCUT2D eigenvalue weighted by molar-refractivity contribution is 5.75. The molecule has 0 radical (unpaired) electrons. The Morgan fingerprint density at radius 1 is 0.875 bits per heavy atom. The van der Waals surface area contributed by atoms with Crippen LogP contribution in [-0.4, -0.2) is 32.8 Å². The van der Waals surface area contributed by atoms with Crippen LogP contribution in [0.2, 0.25) is 0 Å². The van der Waals surface area contributed by atoms with Crippen LogP contribution in [0.15, 0.2) is 54.6 Å².